The molecule has 0 spiro atoms. The summed E-state index contributed by atoms with van der Waals surface area (Å²) in [7, 11) is 0. The first-order chi connectivity index (χ1) is 14.8. The maximum Gasteiger partial charge on any atom is 0.256 e. The number of thiocarbonyl (C=S) groups is 1. The third-order valence-corrected chi connectivity index (χ3v) is 5.83. The number of halogens is 2. The van der Waals surface area contributed by atoms with E-state index < -0.39 is 6.04 Å². The molecule has 31 heavy (non-hydrogen) atoms. The van der Waals surface area contributed by atoms with Gasteiger partial charge >= 0.3 is 0 Å². The number of nitrogens with one attached hydrogen (secondary N) is 2. The van der Waals surface area contributed by atoms with Crippen molar-refractivity contribution in [3.05, 3.63) is 58.0 Å². The highest BCUT2D eigenvalue weighted by atomic mass is 79.9. The van der Waals surface area contributed by atoms with Crippen LogP contribution >= 0.6 is 39.7 Å². The Balaban J connectivity index is 1.79. The molecule has 7 nitrogen and oxygen atoms in total. The molecule has 0 unspecified atom stereocenters. The average Bonchev–Trinajstić information content (AvgIpc) is 2.94. The Bertz CT molecular complexity index is 1000. The molecule has 1 fully saturated rings. The van der Waals surface area contributed by atoms with Crippen LogP contribution in [-0.4, -0.2) is 46.9 Å². The summed E-state index contributed by atoms with van der Waals surface area (Å²) in [6.45, 7) is 2.00. The van der Waals surface area contributed by atoms with Gasteiger partial charge in [0, 0.05) is 35.2 Å². The summed E-state index contributed by atoms with van der Waals surface area (Å²) in [5.41, 5.74) is 1.19. The molecule has 0 saturated carbocycles. The van der Waals surface area contributed by atoms with Crippen LogP contribution in [0, 0.1) is 0 Å². The molecule has 1 aliphatic rings. The lowest BCUT2D eigenvalue weighted by atomic mass is 10.1. The second-order valence-corrected chi connectivity index (χ2v) is 8.60. The normalized spacial score (nSPS) is 15.9. The van der Waals surface area contributed by atoms with E-state index in [-0.39, 0.29) is 29.3 Å². The number of benzene rings is 2. The number of carbonyl (C=O) groups is 3. The Hall–Kier alpha value is -2.49. The lowest BCUT2D eigenvalue weighted by molar-refractivity contribution is -0.124. The van der Waals surface area contributed by atoms with Gasteiger partial charge in [0.25, 0.3) is 5.91 Å². The molecule has 10 heteroatoms. The highest BCUT2D eigenvalue weighted by Gasteiger charge is 2.43. The molecule has 0 aliphatic carbocycles. The second kappa shape index (κ2) is 10.2. The van der Waals surface area contributed by atoms with Crippen molar-refractivity contribution in [3.8, 4) is 0 Å². The summed E-state index contributed by atoms with van der Waals surface area (Å²) in [5, 5.41) is 6.31. The Labute approximate surface area is 198 Å². The monoisotopic (exact) mass is 522 g/mol. The van der Waals surface area contributed by atoms with Crippen molar-refractivity contribution in [2.75, 3.05) is 23.3 Å². The third-order valence-electron chi connectivity index (χ3n) is 4.64. The summed E-state index contributed by atoms with van der Waals surface area (Å²) in [6.07, 6.45) is -0.0841. The van der Waals surface area contributed by atoms with Gasteiger partial charge in [-0.05, 0) is 60.7 Å². The van der Waals surface area contributed by atoms with E-state index in [1.165, 1.54) is 11.8 Å². The van der Waals surface area contributed by atoms with E-state index in [1.807, 2.05) is 12.1 Å². The highest BCUT2D eigenvalue weighted by molar-refractivity contribution is 9.10. The fourth-order valence-electron chi connectivity index (χ4n) is 3.19. The number of anilines is 2. The van der Waals surface area contributed by atoms with Gasteiger partial charge in [-0.15, -0.1) is 0 Å². The zero-order valence-electron chi connectivity index (χ0n) is 16.6. The van der Waals surface area contributed by atoms with Crippen molar-refractivity contribution in [1.29, 1.82) is 0 Å². The van der Waals surface area contributed by atoms with Crippen LogP contribution in [0.1, 0.15) is 13.3 Å². The van der Waals surface area contributed by atoms with Gasteiger partial charge in [-0.1, -0.05) is 27.5 Å². The Morgan fingerprint density at radius 3 is 2.39 bits per heavy atom. The maximum atomic E-state index is 13.2. The van der Waals surface area contributed by atoms with E-state index in [1.54, 1.807) is 41.3 Å². The number of hydrogen-bond donors (Lipinski definition) is 2. The van der Waals surface area contributed by atoms with Crippen molar-refractivity contribution >= 4 is 74.0 Å². The van der Waals surface area contributed by atoms with Crippen LogP contribution in [0.5, 0.6) is 0 Å². The number of amides is 3. The van der Waals surface area contributed by atoms with E-state index in [0.29, 0.717) is 29.5 Å². The van der Waals surface area contributed by atoms with Crippen LogP contribution in [0.3, 0.4) is 0 Å². The third kappa shape index (κ3) is 5.81. The molecule has 0 radical (unpaired) electrons. The maximum absolute atomic E-state index is 13.2. The fourth-order valence-corrected chi connectivity index (χ4v) is 3.99. The topological polar surface area (TPSA) is 81.8 Å². The van der Waals surface area contributed by atoms with Gasteiger partial charge in [-0.3, -0.25) is 19.3 Å². The molecule has 0 aromatic heterocycles. The van der Waals surface area contributed by atoms with Crippen molar-refractivity contribution < 1.29 is 14.4 Å². The van der Waals surface area contributed by atoms with E-state index in [9.17, 15) is 14.4 Å². The molecule has 2 N–H and O–H groups in total. The van der Waals surface area contributed by atoms with Gasteiger partial charge < -0.3 is 15.5 Å². The Morgan fingerprint density at radius 1 is 1.13 bits per heavy atom. The zero-order chi connectivity index (χ0) is 22.5. The standard InChI is InChI=1S/C21H20BrClN4O3S/c1-13(28)24-10-11-26-18(12-19(29)25-16-6-2-14(22)3-7-16)20(30)27(21(26)31)17-8-4-15(23)5-9-17/h2-9,18H,10-12H2,1H3,(H,24,28)(H,25,29)/t18-/m0/s1. The van der Waals surface area contributed by atoms with Gasteiger partial charge in [0.05, 0.1) is 12.1 Å². The van der Waals surface area contributed by atoms with Gasteiger partial charge in [-0.25, -0.2) is 0 Å². The highest BCUT2D eigenvalue weighted by Crippen LogP contribution is 2.28. The second-order valence-electron chi connectivity index (χ2n) is 6.88. The first-order valence-corrected chi connectivity index (χ1v) is 11.0. The summed E-state index contributed by atoms with van der Waals surface area (Å²) in [6, 6.07) is 13.1. The van der Waals surface area contributed by atoms with Crippen molar-refractivity contribution in [2.24, 2.45) is 0 Å². The molecule has 162 valence electrons. The predicted octanol–water partition coefficient (Wildman–Crippen LogP) is 3.57. The van der Waals surface area contributed by atoms with Crippen molar-refractivity contribution in [3.63, 3.8) is 0 Å². The van der Waals surface area contributed by atoms with Crippen LogP contribution in [-0.2, 0) is 14.4 Å². The Kier molecular flexibility index (Phi) is 7.64. The quantitative estimate of drug-likeness (QED) is 0.542. The van der Waals surface area contributed by atoms with Crippen LogP contribution in [0.2, 0.25) is 5.02 Å². The van der Waals surface area contributed by atoms with E-state index >= 15 is 0 Å². The molecule has 2 aromatic rings. The minimum Gasteiger partial charge on any atom is -0.355 e. The van der Waals surface area contributed by atoms with Gasteiger partial charge in [-0.2, -0.15) is 0 Å². The average molecular weight is 524 g/mol. The molecule has 1 heterocycles. The van der Waals surface area contributed by atoms with Gasteiger partial charge in [0.15, 0.2) is 5.11 Å². The molecular weight excluding hydrogens is 504 g/mol. The van der Waals surface area contributed by atoms with E-state index in [4.69, 9.17) is 23.8 Å². The summed E-state index contributed by atoms with van der Waals surface area (Å²) < 4.78 is 0.893. The summed E-state index contributed by atoms with van der Waals surface area (Å²) in [5.74, 6) is -0.803. The molecule has 1 saturated heterocycles. The minimum atomic E-state index is -0.785. The van der Waals surface area contributed by atoms with Crippen LogP contribution in [0.4, 0.5) is 11.4 Å². The molecule has 3 rings (SSSR count). The number of nitrogens with zero attached hydrogens (tertiary/aromatic N) is 2. The molecule has 1 atom stereocenters. The van der Waals surface area contributed by atoms with Crippen LogP contribution < -0.4 is 15.5 Å². The van der Waals surface area contributed by atoms with Crippen molar-refractivity contribution in [2.45, 2.75) is 19.4 Å². The van der Waals surface area contributed by atoms with Crippen LogP contribution in [0.15, 0.2) is 53.0 Å². The SMILES string of the molecule is CC(=O)NCCN1C(=S)N(c2ccc(Cl)cc2)C(=O)[C@@H]1CC(=O)Nc1ccc(Br)cc1. The smallest absolute Gasteiger partial charge is 0.256 e. The van der Waals surface area contributed by atoms with Gasteiger partial charge in [0.2, 0.25) is 11.8 Å². The molecule has 1 aliphatic heterocycles. The predicted molar refractivity (Wildman–Crippen MR) is 128 cm³/mol. The van der Waals surface area contributed by atoms with Gasteiger partial charge in [0.1, 0.15) is 6.04 Å². The molecule has 3 amide bonds. The zero-order valence-corrected chi connectivity index (χ0v) is 19.8. The van der Waals surface area contributed by atoms with Crippen LogP contribution in [0.25, 0.3) is 0 Å². The van der Waals surface area contributed by atoms with E-state index in [2.05, 4.69) is 26.6 Å². The molecule has 0 bridgehead atoms. The van der Waals surface area contributed by atoms with E-state index in [0.717, 1.165) is 4.47 Å². The fraction of sp³-hybridized carbons (Fsp3) is 0.238. The first kappa shape index (κ1) is 23.2. The summed E-state index contributed by atoms with van der Waals surface area (Å²) in [4.78, 5) is 40.2. The number of carbonyl (C=O) groups excluding carboxylic acids is 3. The Morgan fingerprint density at radius 2 is 1.77 bits per heavy atom. The lowest BCUT2D eigenvalue weighted by Crippen LogP contribution is -2.42. The molecule has 2 aromatic carbocycles. The number of hydrogen-bond acceptors (Lipinski definition) is 4. The minimum absolute atomic E-state index is 0.0841. The lowest BCUT2D eigenvalue weighted by Gasteiger charge is -2.24. The summed E-state index contributed by atoms with van der Waals surface area (Å²) >= 11 is 14.9. The number of rotatable bonds is 7. The largest absolute Gasteiger partial charge is 0.355 e. The molecular formula is C21H20BrClN4O3S. The van der Waals surface area contributed by atoms with Crippen molar-refractivity contribution in [1.82, 2.24) is 10.2 Å². The first-order valence-electron chi connectivity index (χ1n) is 9.46.